The Morgan fingerprint density at radius 3 is 2.44 bits per heavy atom. The van der Waals surface area contributed by atoms with Gasteiger partial charge in [-0.1, -0.05) is 6.92 Å². The molecular weight excluding hydrogens is 248 g/mol. The molecule has 0 aromatic heterocycles. The van der Waals surface area contributed by atoms with Crippen LogP contribution in [0.15, 0.2) is 0 Å². The number of rotatable bonds is 7. The summed E-state index contributed by atoms with van der Waals surface area (Å²) in [7, 11) is 0. The smallest absolute Gasteiger partial charge is 0.407 e. The molecular formula is C13H28N2O2S. The molecule has 0 saturated carbocycles. The molecule has 18 heavy (non-hydrogen) atoms. The maximum absolute atomic E-state index is 11.5. The highest BCUT2D eigenvalue weighted by Gasteiger charge is 2.17. The topological polar surface area (TPSA) is 50.4 Å². The highest BCUT2D eigenvalue weighted by atomic mass is 32.2. The number of alkyl carbamates (subject to hydrolysis) is 1. The molecule has 0 aromatic rings. The lowest BCUT2D eigenvalue weighted by atomic mass is 10.2. The van der Waals surface area contributed by atoms with Crippen LogP contribution >= 0.6 is 11.8 Å². The highest BCUT2D eigenvalue weighted by Crippen LogP contribution is 2.06. The van der Waals surface area contributed by atoms with Crippen molar-refractivity contribution in [2.45, 2.75) is 58.7 Å². The van der Waals surface area contributed by atoms with Crippen molar-refractivity contribution in [1.29, 1.82) is 0 Å². The van der Waals surface area contributed by atoms with Crippen LogP contribution in [0.4, 0.5) is 4.79 Å². The lowest BCUT2D eigenvalue weighted by Crippen LogP contribution is -2.45. The summed E-state index contributed by atoms with van der Waals surface area (Å²) in [6.45, 7) is 10.4. The fourth-order valence-corrected chi connectivity index (χ4v) is 2.23. The summed E-state index contributed by atoms with van der Waals surface area (Å²) in [5, 5.41) is 6.27. The van der Waals surface area contributed by atoms with Crippen LogP contribution in [0.1, 0.15) is 41.0 Å². The second-order valence-electron chi connectivity index (χ2n) is 5.51. The van der Waals surface area contributed by atoms with Crippen molar-refractivity contribution in [3.05, 3.63) is 0 Å². The summed E-state index contributed by atoms with van der Waals surface area (Å²) in [5.74, 6) is 1.09. The van der Waals surface area contributed by atoms with Gasteiger partial charge in [0.05, 0.1) is 0 Å². The van der Waals surface area contributed by atoms with Crippen LogP contribution < -0.4 is 10.6 Å². The van der Waals surface area contributed by atoms with Gasteiger partial charge in [0.15, 0.2) is 0 Å². The van der Waals surface area contributed by atoms with Crippen LogP contribution in [0.25, 0.3) is 0 Å². The first-order chi connectivity index (χ1) is 8.28. The van der Waals surface area contributed by atoms with Crippen molar-refractivity contribution >= 4 is 17.9 Å². The van der Waals surface area contributed by atoms with Gasteiger partial charge in [-0.05, 0) is 40.4 Å². The minimum absolute atomic E-state index is 0.245. The van der Waals surface area contributed by atoms with Crippen molar-refractivity contribution in [1.82, 2.24) is 10.6 Å². The number of nitrogens with one attached hydrogen (secondary N) is 2. The lowest BCUT2D eigenvalue weighted by Gasteiger charge is -2.23. The van der Waals surface area contributed by atoms with Gasteiger partial charge in [0, 0.05) is 24.4 Å². The molecule has 108 valence electrons. The summed E-state index contributed by atoms with van der Waals surface area (Å²) in [4.78, 5) is 11.5. The average molecular weight is 276 g/mol. The van der Waals surface area contributed by atoms with Crippen LogP contribution in [0.3, 0.4) is 0 Å². The maximum Gasteiger partial charge on any atom is 0.407 e. The Kier molecular flexibility index (Phi) is 8.44. The standard InChI is InChI=1S/C13H28N2O2S/c1-7-11(9-18-6)15-10(2)8-14-12(16)17-13(3,4)5/h10-11,15H,7-9H2,1-6H3,(H,14,16). The first kappa shape index (κ1) is 17.6. The summed E-state index contributed by atoms with van der Waals surface area (Å²) < 4.78 is 5.18. The van der Waals surface area contributed by atoms with Crippen LogP contribution in [0.5, 0.6) is 0 Å². The third-order valence-corrected chi connectivity index (χ3v) is 3.07. The molecule has 0 bridgehead atoms. The lowest BCUT2D eigenvalue weighted by molar-refractivity contribution is 0.0522. The zero-order valence-electron chi connectivity index (χ0n) is 12.5. The third-order valence-electron chi connectivity index (χ3n) is 2.33. The second kappa shape index (κ2) is 8.64. The van der Waals surface area contributed by atoms with E-state index in [2.05, 4.69) is 30.7 Å². The van der Waals surface area contributed by atoms with Gasteiger partial charge in [0.25, 0.3) is 0 Å². The van der Waals surface area contributed by atoms with Gasteiger partial charge < -0.3 is 15.4 Å². The third kappa shape index (κ3) is 9.59. The molecule has 0 fully saturated rings. The van der Waals surface area contributed by atoms with Gasteiger partial charge in [-0.25, -0.2) is 4.79 Å². The highest BCUT2D eigenvalue weighted by molar-refractivity contribution is 7.98. The molecule has 0 heterocycles. The predicted octanol–water partition coefficient (Wildman–Crippen LogP) is 2.63. The van der Waals surface area contributed by atoms with E-state index in [9.17, 15) is 4.79 Å². The quantitative estimate of drug-likeness (QED) is 0.750. The molecule has 2 N–H and O–H groups in total. The summed E-state index contributed by atoms with van der Waals surface area (Å²) in [6, 6.07) is 0.741. The molecule has 0 radical (unpaired) electrons. The zero-order chi connectivity index (χ0) is 14.2. The Bertz CT molecular complexity index is 242. The summed E-state index contributed by atoms with van der Waals surface area (Å²) >= 11 is 1.83. The van der Waals surface area contributed by atoms with E-state index >= 15 is 0 Å². The van der Waals surface area contributed by atoms with Gasteiger partial charge in [-0.2, -0.15) is 11.8 Å². The van der Waals surface area contributed by atoms with Gasteiger partial charge in [-0.15, -0.1) is 0 Å². The molecule has 0 saturated heterocycles. The summed E-state index contributed by atoms with van der Waals surface area (Å²) in [5.41, 5.74) is -0.439. The van der Waals surface area contributed by atoms with E-state index in [1.54, 1.807) is 0 Å². The van der Waals surface area contributed by atoms with E-state index in [0.29, 0.717) is 12.6 Å². The van der Waals surface area contributed by atoms with Crippen molar-refractivity contribution in [3.8, 4) is 0 Å². The maximum atomic E-state index is 11.5. The van der Waals surface area contributed by atoms with Crippen molar-refractivity contribution in [3.63, 3.8) is 0 Å². The molecule has 2 unspecified atom stereocenters. The molecule has 5 heteroatoms. The number of hydrogen-bond acceptors (Lipinski definition) is 4. The number of amides is 1. The van der Waals surface area contributed by atoms with Crippen LogP contribution in [-0.4, -0.2) is 42.3 Å². The van der Waals surface area contributed by atoms with E-state index in [1.165, 1.54) is 0 Å². The first-order valence-corrected chi connectivity index (χ1v) is 7.89. The molecule has 2 atom stereocenters. The van der Waals surface area contributed by atoms with Gasteiger partial charge in [0.1, 0.15) is 5.60 Å². The van der Waals surface area contributed by atoms with Crippen LogP contribution in [0, 0.1) is 0 Å². The summed E-state index contributed by atoms with van der Waals surface area (Å²) in [6.07, 6.45) is 2.85. The Morgan fingerprint density at radius 1 is 1.39 bits per heavy atom. The number of hydrogen-bond donors (Lipinski definition) is 2. The molecule has 0 rings (SSSR count). The molecule has 0 aliphatic carbocycles. The SMILES string of the molecule is CCC(CSC)NC(C)CNC(=O)OC(C)(C)C. The van der Waals surface area contributed by atoms with E-state index < -0.39 is 5.60 Å². The van der Waals surface area contributed by atoms with Gasteiger partial charge >= 0.3 is 6.09 Å². The van der Waals surface area contributed by atoms with Crippen molar-refractivity contribution in [2.24, 2.45) is 0 Å². The number of ether oxygens (including phenoxy) is 1. The first-order valence-electron chi connectivity index (χ1n) is 6.50. The van der Waals surface area contributed by atoms with E-state index in [-0.39, 0.29) is 12.1 Å². The minimum atomic E-state index is -0.439. The van der Waals surface area contributed by atoms with Crippen LogP contribution in [0.2, 0.25) is 0 Å². The van der Waals surface area contributed by atoms with Gasteiger partial charge in [0.2, 0.25) is 0 Å². The molecule has 0 aliphatic rings. The van der Waals surface area contributed by atoms with Crippen LogP contribution in [-0.2, 0) is 4.74 Å². The second-order valence-corrected chi connectivity index (χ2v) is 6.42. The minimum Gasteiger partial charge on any atom is -0.444 e. The normalized spacial score (nSPS) is 15.0. The predicted molar refractivity (Wildman–Crippen MR) is 79.3 cm³/mol. The van der Waals surface area contributed by atoms with E-state index in [4.69, 9.17) is 4.74 Å². The Morgan fingerprint density at radius 2 is 2.00 bits per heavy atom. The Balaban J connectivity index is 3.88. The monoisotopic (exact) mass is 276 g/mol. The van der Waals surface area contributed by atoms with Crippen molar-refractivity contribution < 1.29 is 9.53 Å². The number of thioether (sulfide) groups is 1. The van der Waals surface area contributed by atoms with E-state index in [1.807, 2.05) is 32.5 Å². The molecule has 0 aromatic carbocycles. The molecule has 0 aliphatic heterocycles. The number of carbonyl (C=O) groups excluding carboxylic acids is 1. The number of carbonyl (C=O) groups is 1. The molecule has 4 nitrogen and oxygen atoms in total. The fourth-order valence-electron chi connectivity index (χ4n) is 1.50. The largest absolute Gasteiger partial charge is 0.444 e. The average Bonchev–Trinajstić information content (AvgIpc) is 2.23. The van der Waals surface area contributed by atoms with Gasteiger partial charge in [-0.3, -0.25) is 0 Å². The Labute approximate surface area is 116 Å². The molecule has 0 spiro atoms. The zero-order valence-corrected chi connectivity index (χ0v) is 13.3. The molecule has 1 amide bonds. The Hall–Kier alpha value is -0.420. The van der Waals surface area contributed by atoms with Crippen molar-refractivity contribution in [2.75, 3.05) is 18.6 Å². The van der Waals surface area contributed by atoms with E-state index in [0.717, 1.165) is 12.2 Å². The fraction of sp³-hybridized carbons (Fsp3) is 0.923.